The predicted octanol–water partition coefficient (Wildman–Crippen LogP) is 3.59. The summed E-state index contributed by atoms with van der Waals surface area (Å²) in [6, 6.07) is 6.89. The number of rotatable bonds is 7. The molecule has 7 nitrogen and oxygen atoms in total. The van der Waals surface area contributed by atoms with Gasteiger partial charge in [-0.2, -0.15) is 9.40 Å². The molecule has 1 aliphatic rings. The molecule has 1 aromatic heterocycles. The van der Waals surface area contributed by atoms with Crippen LogP contribution in [0.15, 0.2) is 35.4 Å². The molecule has 1 amide bonds. The summed E-state index contributed by atoms with van der Waals surface area (Å²) < 4.78 is 29.1. The standard InChI is InChI=1S/C20H28N4O3S/c1-4-23(5-2)28(26,27)18-14-16(11-10-15(18)3)20(25)22-19-12-13-21-24(19)17-8-6-7-9-17/h10-14,17H,4-9H2,1-3H3,(H,22,25). The van der Waals surface area contributed by atoms with E-state index in [-0.39, 0.29) is 10.8 Å². The Labute approximate surface area is 166 Å². The average Bonchev–Trinajstić information content (AvgIpc) is 3.34. The van der Waals surface area contributed by atoms with Crippen LogP contribution in [0.2, 0.25) is 0 Å². The molecular weight excluding hydrogens is 376 g/mol. The Morgan fingerprint density at radius 1 is 1.21 bits per heavy atom. The van der Waals surface area contributed by atoms with Crippen LogP contribution in [-0.2, 0) is 10.0 Å². The van der Waals surface area contributed by atoms with Gasteiger partial charge in [-0.15, -0.1) is 0 Å². The van der Waals surface area contributed by atoms with E-state index in [2.05, 4.69) is 10.4 Å². The first-order chi connectivity index (χ1) is 13.4. The second-order valence-corrected chi connectivity index (χ2v) is 9.03. The van der Waals surface area contributed by atoms with Crippen LogP contribution < -0.4 is 5.32 Å². The van der Waals surface area contributed by atoms with Gasteiger partial charge in [0.2, 0.25) is 10.0 Å². The highest BCUT2D eigenvalue weighted by Crippen LogP contribution is 2.31. The number of benzene rings is 1. The zero-order valence-corrected chi connectivity index (χ0v) is 17.5. The minimum atomic E-state index is -3.64. The van der Waals surface area contributed by atoms with Crippen LogP contribution in [0.3, 0.4) is 0 Å². The Morgan fingerprint density at radius 3 is 2.54 bits per heavy atom. The van der Waals surface area contributed by atoms with E-state index in [9.17, 15) is 13.2 Å². The summed E-state index contributed by atoms with van der Waals surface area (Å²) in [7, 11) is -3.64. The van der Waals surface area contributed by atoms with Crippen LogP contribution in [0.4, 0.5) is 5.82 Å². The van der Waals surface area contributed by atoms with Crippen molar-refractivity contribution < 1.29 is 13.2 Å². The van der Waals surface area contributed by atoms with Crippen molar-refractivity contribution >= 4 is 21.7 Å². The Kier molecular flexibility index (Phi) is 6.20. The van der Waals surface area contributed by atoms with Gasteiger partial charge in [0.25, 0.3) is 5.91 Å². The molecule has 0 bridgehead atoms. The lowest BCUT2D eigenvalue weighted by atomic mass is 10.1. The zero-order valence-electron chi connectivity index (χ0n) is 16.7. The fraction of sp³-hybridized carbons (Fsp3) is 0.500. The molecule has 1 saturated carbocycles. The molecule has 1 heterocycles. The molecule has 3 rings (SSSR count). The third-order valence-electron chi connectivity index (χ3n) is 5.36. The maximum absolute atomic E-state index is 12.9. The quantitative estimate of drug-likeness (QED) is 0.764. The van der Waals surface area contributed by atoms with Crippen LogP contribution >= 0.6 is 0 Å². The molecule has 1 aliphatic carbocycles. The number of carbonyl (C=O) groups excluding carboxylic acids is 1. The number of amides is 1. The molecule has 2 aromatic rings. The van der Waals surface area contributed by atoms with Crippen LogP contribution in [0, 0.1) is 6.92 Å². The number of carbonyl (C=O) groups is 1. The average molecular weight is 405 g/mol. The Morgan fingerprint density at radius 2 is 1.89 bits per heavy atom. The third kappa shape index (κ3) is 3.98. The smallest absolute Gasteiger partial charge is 0.256 e. The number of hydrogen-bond acceptors (Lipinski definition) is 4. The fourth-order valence-corrected chi connectivity index (χ4v) is 5.47. The van der Waals surface area contributed by atoms with E-state index in [4.69, 9.17) is 0 Å². The van der Waals surface area contributed by atoms with Gasteiger partial charge in [-0.05, 0) is 37.5 Å². The molecule has 0 spiro atoms. The minimum Gasteiger partial charge on any atom is -0.307 e. The highest BCUT2D eigenvalue weighted by Gasteiger charge is 2.25. The molecule has 8 heteroatoms. The van der Waals surface area contributed by atoms with Crippen molar-refractivity contribution in [3.63, 3.8) is 0 Å². The molecule has 152 valence electrons. The molecule has 0 aliphatic heterocycles. The second kappa shape index (κ2) is 8.45. The predicted molar refractivity (Wildman–Crippen MR) is 109 cm³/mol. The molecule has 0 atom stereocenters. The van der Waals surface area contributed by atoms with E-state index in [1.165, 1.54) is 23.2 Å². The number of aryl methyl sites for hydroxylation is 1. The first-order valence-electron chi connectivity index (χ1n) is 9.84. The van der Waals surface area contributed by atoms with Crippen molar-refractivity contribution in [2.24, 2.45) is 0 Å². The molecular formula is C20H28N4O3S. The van der Waals surface area contributed by atoms with Gasteiger partial charge in [0, 0.05) is 24.7 Å². The first-order valence-corrected chi connectivity index (χ1v) is 11.3. The lowest BCUT2D eigenvalue weighted by molar-refractivity contribution is 0.102. The molecule has 1 aromatic carbocycles. The number of sulfonamides is 1. The summed E-state index contributed by atoms with van der Waals surface area (Å²) in [6.45, 7) is 6.12. The third-order valence-corrected chi connectivity index (χ3v) is 7.55. The van der Waals surface area contributed by atoms with Gasteiger partial charge in [-0.1, -0.05) is 32.8 Å². The molecule has 0 radical (unpaired) electrons. The van der Waals surface area contributed by atoms with E-state index in [1.807, 2.05) is 4.68 Å². The van der Waals surface area contributed by atoms with Gasteiger partial charge in [-0.3, -0.25) is 4.79 Å². The number of nitrogens with zero attached hydrogens (tertiary/aromatic N) is 3. The second-order valence-electron chi connectivity index (χ2n) is 7.12. The van der Waals surface area contributed by atoms with Gasteiger partial charge in [-0.25, -0.2) is 13.1 Å². The summed E-state index contributed by atoms with van der Waals surface area (Å²) in [4.78, 5) is 13.0. The topological polar surface area (TPSA) is 84.3 Å². The highest BCUT2D eigenvalue weighted by atomic mass is 32.2. The Hall–Kier alpha value is -2.19. The molecule has 0 saturated heterocycles. The van der Waals surface area contributed by atoms with Crippen LogP contribution in [-0.4, -0.2) is 41.5 Å². The van der Waals surface area contributed by atoms with Crippen molar-refractivity contribution in [3.05, 3.63) is 41.6 Å². The van der Waals surface area contributed by atoms with Gasteiger partial charge >= 0.3 is 0 Å². The number of aromatic nitrogens is 2. The molecule has 28 heavy (non-hydrogen) atoms. The van der Waals surface area contributed by atoms with Crippen molar-refractivity contribution in [1.82, 2.24) is 14.1 Å². The lowest BCUT2D eigenvalue weighted by Crippen LogP contribution is -2.31. The molecule has 1 N–H and O–H groups in total. The van der Waals surface area contributed by atoms with E-state index >= 15 is 0 Å². The summed E-state index contributed by atoms with van der Waals surface area (Å²) in [5.74, 6) is 0.307. The van der Waals surface area contributed by atoms with Crippen LogP contribution in [0.5, 0.6) is 0 Å². The number of nitrogens with one attached hydrogen (secondary N) is 1. The van der Waals surface area contributed by atoms with Crippen molar-refractivity contribution in [2.75, 3.05) is 18.4 Å². The van der Waals surface area contributed by atoms with Gasteiger partial charge in [0.05, 0.1) is 17.1 Å². The summed E-state index contributed by atoms with van der Waals surface area (Å²) in [6.07, 6.45) is 6.13. The summed E-state index contributed by atoms with van der Waals surface area (Å²) in [5.41, 5.74) is 0.940. The van der Waals surface area contributed by atoms with Crippen molar-refractivity contribution in [2.45, 2.75) is 57.4 Å². The normalized spacial score (nSPS) is 15.3. The largest absolute Gasteiger partial charge is 0.307 e. The van der Waals surface area contributed by atoms with Crippen LogP contribution in [0.25, 0.3) is 0 Å². The van der Waals surface area contributed by atoms with Crippen LogP contribution in [0.1, 0.15) is 61.5 Å². The highest BCUT2D eigenvalue weighted by molar-refractivity contribution is 7.89. The summed E-state index contributed by atoms with van der Waals surface area (Å²) in [5, 5.41) is 7.25. The van der Waals surface area contributed by atoms with E-state index in [0.717, 1.165) is 12.8 Å². The minimum absolute atomic E-state index is 0.174. The van der Waals surface area contributed by atoms with E-state index < -0.39 is 10.0 Å². The van der Waals surface area contributed by atoms with Crippen molar-refractivity contribution in [1.29, 1.82) is 0 Å². The monoisotopic (exact) mass is 404 g/mol. The molecule has 0 unspecified atom stereocenters. The maximum Gasteiger partial charge on any atom is 0.256 e. The number of anilines is 1. The van der Waals surface area contributed by atoms with E-state index in [1.54, 1.807) is 45.2 Å². The fourth-order valence-electron chi connectivity index (χ4n) is 3.76. The Balaban J connectivity index is 1.87. The zero-order chi connectivity index (χ0) is 20.3. The molecule has 1 fully saturated rings. The lowest BCUT2D eigenvalue weighted by Gasteiger charge is -2.20. The first kappa shape index (κ1) is 20.5. The van der Waals surface area contributed by atoms with E-state index in [0.29, 0.717) is 36.1 Å². The maximum atomic E-state index is 12.9. The SMILES string of the molecule is CCN(CC)S(=O)(=O)c1cc(C(=O)Nc2ccnn2C2CCCC2)ccc1C. The van der Waals surface area contributed by atoms with Gasteiger partial charge in [0.15, 0.2) is 0 Å². The number of hydrogen-bond donors (Lipinski definition) is 1. The Bertz CT molecular complexity index is 942. The van der Waals surface area contributed by atoms with Gasteiger partial charge < -0.3 is 5.32 Å². The summed E-state index contributed by atoms with van der Waals surface area (Å²) >= 11 is 0. The van der Waals surface area contributed by atoms with Crippen molar-refractivity contribution in [3.8, 4) is 0 Å². The van der Waals surface area contributed by atoms with Gasteiger partial charge in [0.1, 0.15) is 5.82 Å².